The van der Waals surface area contributed by atoms with E-state index in [9.17, 15) is 13.6 Å². The second kappa shape index (κ2) is 11.3. The van der Waals surface area contributed by atoms with Gasteiger partial charge in [-0.05, 0) is 92.7 Å². The van der Waals surface area contributed by atoms with Crippen molar-refractivity contribution in [2.24, 2.45) is 0 Å². The largest absolute Gasteiger partial charge is 0.496 e. The number of aromatic nitrogens is 1. The van der Waals surface area contributed by atoms with Crippen molar-refractivity contribution in [1.29, 1.82) is 0 Å². The van der Waals surface area contributed by atoms with E-state index in [2.05, 4.69) is 10.3 Å². The predicted molar refractivity (Wildman–Crippen MR) is 152 cm³/mol. The van der Waals surface area contributed by atoms with E-state index in [1.165, 1.54) is 0 Å². The van der Waals surface area contributed by atoms with Gasteiger partial charge in [0.05, 0.1) is 16.7 Å². The van der Waals surface area contributed by atoms with Crippen LogP contribution in [-0.4, -0.2) is 42.0 Å². The molecule has 5 rings (SSSR count). The monoisotopic (exact) mass is 550 g/mol. The van der Waals surface area contributed by atoms with Crippen molar-refractivity contribution in [3.63, 3.8) is 0 Å². The van der Waals surface area contributed by atoms with Crippen molar-refractivity contribution in [3.05, 3.63) is 76.3 Å². The molecule has 1 fully saturated rings. The summed E-state index contributed by atoms with van der Waals surface area (Å²) in [5.41, 5.74) is 9.06. The lowest BCUT2D eigenvalue weighted by Gasteiger charge is -2.37. The molecule has 1 aliphatic rings. The fourth-order valence-electron chi connectivity index (χ4n) is 5.55. The Labute approximate surface area is 230 Å². The normalized spacial score (nSPS) is 17.4. The van der Waals surface area contributed by atoms with Crippen LogP contribution in [0.25, 0.3) is 21.2 Å². The van der Waals surface area contributed by atoms with E-state index in [1.807, 2.05) is 36.2 Å². The van der Waals surface area contributed by atoms with Crippen LogP contribution < -0.4 is 15.8 Å². The molecule has 0 atom stereocenters. The molecule has 1 amide bonds. The van der Waals surface area contributed by atoms with Gasteiger partial charge in [0.15, 0.2) is 0 Å². The van der Waals surface area contributed by atoms with Crippen LogP contribution in [0.4, 0.5) is 14.6 Å². The Morgan fingerprint density at radius 2 is 1.82 bits per heavy atom. The van der Waals surface area contributed by atoms with Crippen LogP contribution in [0.15, 0.2) is 48.7 Å². The average Bonchev–Trinajstić information content (AvgIpc) is 3.31. The lowest BCUT2D eigenvalue weighted by Crippen LogP contribution is -2.44. The Kier molecular flexibility index (Phi) is 7.81. The number of hydrogen-bond donors (Lipinski definition) is 2. The van der Waals surface area contributed by atoms with Gasteiger partial charge in [-0.3, -0.25) is 4.79 Å². The standard InChI is InChI=1S/C30H32F2N4O2S/c1-17-27-23(31)9-10-24(32)29(27)39-28(17)30(37)36(22-7-5-21(34-2)6-8-22)16-20-14-18(4-11-25(20)38-3)19-12-13-35-26(33)15-19/h4,9-15,21-22,34H,5-8,16H2,1-3H3,(H2,33,35). The van der Waals surface area contributed by atoms with Crippen molar-refractivity contribution in [1.82, 2.24) is 15.2 Å². The predicted octanol–water partition coefficient (Wildman–Crippen LogP) is 6.31. The maximum atomic E-state index is 14.7. The van der Waals surface area contributed by atoms with E-state index in [0.717, 1.165) is 65.8 Å². The minimum Gasteiger partial charge on any atom is -0.496 e. The first-order chi connectivity index (χ1) is 18.8. The third-order valence-electron chi connectivity index (χ3n) is 7.71. The number of halogens is 2. The van der Waals surface area contributed by atoms with E-state index in [1.54, 1.807) is 26.3 Å². The lowest BCUT2D eigenvalue weighted by molar-refractivity contribution is 0.0604. The molecule has 2 aromatic carbocycles. The smallest absolute Gasteiger partial charge is 0.264 e. The van der Waals surface area contributed by atoms with Crippen LogP contribution in [0.2, 0.25) is 0 Å². The Morgan fingerprint density at radius 1 is 1.10 bits per heavy atom. The molecule has 2 aromatic heterocycles. The van der Waals surface area contributed by atoms with Gasteiger partial charge in [0.2, 0.25) is 0 Å². The SMILES string of the molecule is CNC1CCC(N(Cc2cc(-c3ccnc(N)c3)ccc2OC)C(=O)c2sc3c(F)ccc(F)c3c2C)CC1. The Bertz CT molecular complexity index is 1510. The van der Waals surface area contributed by atoms with Gasteiger partial charge in [0.1, 0.15) is 23.2 Å². The van der Waals surface area contributed by atoms with Crippen LogP contribution >= 0.6 is 11.3 Å². The van der Waals surface area contributed by atoms with Gasteiger partial charge >= 0.3 is 0 Å². The van der Waals surface area contributed by atoms with Crippen molar-refractivity contribution < 1.29 is 18.3 Å². The first-order valence-corrected chi connectivity index (χ1v) is 13.9. The number of amides is 1. The number of methoxy groups -OCH3 is 1. The highest BCUT2D eigenvalue weighted by Gasteiger charge is 2.32. The number of fused-ring (bicyclic) bond motifs is 1. The number of nitrogens with zero attached hydrogens (tertiary/aromatic N) is 2. The summed E-state index contributed by atoms with van der Waals surface area (Å²) < 4.78 is 35.2. The molecule has 1 saturated carbocycles. The van der Waals surface area contributed by atoms with Gasteiger partial charge in [0.25, 0.3) is 5.91 Å². The maximum absolute atomic E-state index is 14.7. The van der Waals surface area contributed by atoms with Gasteiger partial charge in [0, 0.05) is 35.8 Å². The first kappa shape index (κ1) is 27.0. The van der Waals surface area contributed by atoms with Gasteiger partial charge in [-0.2, -0.15) is 0 Å². The van der Waals surface area contributed by atoms with Crippen LogP contribution in [0.3, 0.4) is 0 Å². The summed E-state index contributed by atoms with van der Waals surface area (Å²) >= 11 is 1.02. The molecule has 0 radical (unpaired) electrons. The minimum atomic E-state index is -0.523. The van der Waals surface area contributed by atoms with Crippen molar-refractivity contribution in [3.8, 4) is 16.9 Å². The third-order valence-corrected chi connectivity index (χ3v) is 9.00. The van der Waals surface area contributed by atoms with Crippen molar-refractivity contribution in [2.75, 3.05) is 19.9 Å². The summed E-state index contributed by atoms with van der Waals surface area (Å²) in [6.07, 6.45) is 5.19. The number of rotatable bonds is 7. The van der Waals surface area contributed by atoms with Gasteiger partial charge in [-0.1, -0.05) is 6.07 Å². The summed E-state index contributed by atoms with van der Waals surface area (Å²) in [7, 11) is 3.56. The highest BCUT2D eigenvalue weighted by molar-refractivity contribution is 7.21. The number of anilines is 1. The van der Waals surface area contributed by atoms with Gasteiger partial charge < -0.3 is 20.7 Å². The summed E-state index contributed by atoms with van der Waals surface area (Å²) in [5, 5.41) is 3.52. The quantitative estimate of drug-likeness (QED) is 0.282. The van der Waals surface area contributed by atoms with Crippen molar-refractivity contribution >= 4 is 33.1 Å². The highest BCUT2D eigenvalue weighted by atomic mass is 32.1. The highest BCUT2D eigenvalue weighted by Crippen LogP contribution is 2.38. The van der Waals surface area contributed by atoms with E-state index >= 15 is 0 Å². The molecule has 3 N–H and O–H groups in total. The molecule has 2 heterocycles. The van der Waals surface area contributed by atoms with E-state index in [4.69, 9.17) is 10.5 Å². The van der Waals surface area contributed by atoms with Crippen molar-refractivity contribution in [2.45, 2.75) is 51.2 Å². The molecule has 204 valence electrons. The van der Waals surface area contributed by atoms with Crippen LogP contribution in [0.1, 0.15) is 46.5 Å². The summed E-state index contributed by atoms with van der Waals surface area (Å²) in [5.74, 6) is -0.187. The fourth-order valence-corrected chi connectivity index (χ4v) is 6.73. The Hall–Kier alpha value is -3.56. The Morgan fingerprint density at radius 3 is 2.49 bits per heavy atom. The molecule has 6 nitrogen and oxygen atoms in total. The minimum absolute atomic E-state index is 0.0219. The Balaban J connectivity index is 1.56. The molecule has 4 aromatic rings. The summed E-state index contributed by atoms with van der Waals surface area (Å²) in [6.45, 7) is 1.99. The third kappa shape index (κ3) is 5.33. The zero-order valence-corrected chi connectivity index (χ0v) is 23.1. The number of nitrogens with one attached hydrogen (secondary N) is 1. The molecule has 1 aliphatic carbocycles. The number of benzene rings is 2. The molecule has 39 heavy (non-hydrogen) atoms. The number of carbonyl (C=O) groups is 1. The second-order valence-corrected chi connectivity index (χ2v) is 11.0. The average molecular weight is 551 g/mol. The zero-order chi connectivity index (χ0) is 27.7. The molecule has 0 aliphatic heterocycles. The topological polar surface area (TPSA) is 80.5 Å². The number of hydrogen-bond acceptors (Lipinski definition) is 6. The molecule has 0 saturated heterocycles. The van der Waals surface area contributed by atoms with E-state index in [-0.39, 0.29) is 22.0 Å². The summed E-state index contributed by atoms with van der Waals surface area (Å²) in [4.78, 5) is 20.5. The lowest BCUT2D eigenvalue weighted by atomic mass is 9.89. The van der Waals surface area contributed by atoms with Crippen LogP contribution in [0.5, 0.6) is 5.75 Å². The number of carbonyl (C=O) groups excluding carboxylic acids is 1. The van der Waals surface area contributed by atoms with Gasteiger partial charge in [-0.15, -0.1) is 11.3 Å². The molecule has 0 bridgehead atoms. The van der Waals surface area contributed by atoms with Crippen LogP contribution in [0, 0.1) is 18.6 Å². The second-order valence-electron chi connectivity index (χ2n) is 10.0. The maximum Gasteiger partial charge on any atom is 0.264 e. The summed E-state index contributed by atoms with van der Waals surface area (Å²) in [6, 6.07) is 12.1. The van der Waals surface area contributed by atoms with E-state index < -0.39 is 11.6 Å². The number of pyridine rings is 1. The molecular formula is C30H32F2N4O2S. The molecule has 0 unspecified atom stereocenters. The van der Waals surface area contributed by atoms with Gasteiger partial charge in [-0.25, -0.2) is 13.8 Å². The number of ether oxygens (including phenoxy) is 1. The fraction of sp³-hybridized carbons (Fsp3) is 0.333. The zero-order valence-electron chi connectivity index (χ0n) is 22.3. The first-order valence-electron chi connectivity index (χ1n) is 13.0. The number of aryl methyl sites for hydroxylation is 1. The number of thiophene rings is 1. The van der Waals surface area contributed by atoms with E-state index in [0.29, 0.717) is 34.6 Å². The molecule has 0 spiro atoms. The van der Waals surface area contributed by atoms with Crippen LogP contribution in [-0.2, 0) is 6.54 Å². The number of nitrogens with two attached hydrogens (primary N) is 1. The molecular weight excluding hydrogens is 518 g/mol. The molecule has 9 heteroatoms. The number of nitrogen functional groups attached to an aromatic ring is 1.